The van der Waals surface area contributed by atoms with Crippen LogP contribution in [0.25, 0.3) is 0 Å². The summed E-state index contributed by atoms with van der Waals surface area (Å²) in [6, 6.07) is 3.20. The van der Waals surface area contributed by atoms with Crippen molar-refractivity contribution in [3.8, 4) is 0 Å². The highest BCUT2D eigenvalue weighted by Crippen LogP contribution is 2.21. The largest absolute Gasteiger partial charge is 0.451 e. The van der Waals surface area contributed by atoms with E-state index < -0.39 is 5.97 Å². The SMILES string of the molecule is CC(C)NC(=O)COC(=O)c1ccc(Cl)s1. The van der Waals surface area contributed by atoms with E-state index in [0.29, 0.717) is 9.21 Å². The van der Waals surface area contributed by atoms with E-state index in [0.717, 1.165) is 11.3 Å². The minimum absolute atomic E-state index is 0.0300. The van der Waals surface area contributed by atoms with Crippen LogP contribution in [0.4, 0.5) is 0 Å². The number of rotatable bonds is 4. The Morgan fingerprint density at radius 1 is 1.50 bits per heavy atom. The molecule has 0 aliphatic heterocycles. The molecule has 1 N–H and O–H groups in total. The molecule has 0 spiro atoms. The molecule has 16 heavy (non-hydrogen) atoms. The van der Waals surface area contributed by atoms with Crippen molar-refractivity contribution in [2.24, 2.45) is 0 Å². The Hall–Kier alpha value is -1.07. The van der Waals surface area contributed by atoms with Gasteiger partial charge < -0.3 is 10.1 Å². The highest BCUT2D eigenvalue weighted by atomic mass is 35.5. The monoisotopic (exact) mass is 261 g/mol. The third-order valence-corrected chi connectivity index (χ3v) is 2.77. The highest BCUT2D eigenvalue weighted by Gasteiger charge is 2.12. The number of carbonyl (C=O) groups is 2. The summed E-state index contributed by atoms with van der Waals surface area (Å²) in [7, 11) is 0. The van der Waals surface area contributed by atoms with Gasteiger partial charge in [0.15, 0.2) is 6.61 Å². The first kappa shape index (κ1) is 13.0. The number of halogens is 1. The molecule has 1 aromatic rings. The van der Waals surface area contributed by atoms with E-state index in [-0.39, 0.29) is 18.6 Å². The molecule has 0 aliphatic carbocycles. The molecule has 0 radical (unpaired) electrons. The summed E-state index contributed by atoms with van der Waals surface area (Å²) in [4.78, 5) is 23.0. The van der Waals surface area contributed by atoms with Crippen molar-refractivity contribution in [3.63, 3.8) is 0 Å². The third kappa shape index (κ3) is 4.20. The fraction of sp³-hybridized carbons (Fsp3) is 0.400. The highest BCUT2D eigenvalue weighted by molar-refractivity contribution is 7.17. The van der Waals surface area contributed by atoms with Crippen LogP contribution in [0.15, 0.2) is 12.1 Å². The Morgan fingerprint density at radius 2 is 2.19 bits per heavy atom. The molecular formula is C10H12ClNO3S. The summed E-state index contributed by atoms with van der Waals surface area (Å²) in [6.07, 6.45) is 0. The summed E-state index contributed by atoms with van der Waals surface area (Å²) >= 11 is 6.79. The molecule has 4 nitrogen and oxygen atoms in total. The predicted octanol–water partition coefficient (Wildman–Crippen LogP) is 2.08. The van der Waals surface area contributed by atoms with Gasteiger partial charge in [0.25, 0.3) is 5.91 Å². The number of carbonyl (C=O) groups excluding carboxylic acids is 2. The molecule has 1 amide bonds. The molecule has 0 saturated carbocycles. The van der Waals surface area contributed by atoms with Gasteiger partial charge >= 0.3 is 5.97 Å². The third-order valence-electron chi connectivity index (χ3n) is 1.56. The Bertz CT molecular complexity index is 389. The number of thiophene rings is 1. The second kappa shape index (κ2) is 5.86. The summed E-state index contributed by atoms with van der Waals surface area (Å²) < 4.78 is 5.32. The molecule has 0 atom stereocenters. The zero-order valence-corrected chi connectivity index (χ0v) is 10.5. The van der Waals surface area contributed by atoms with Gasteiger partial charge in [-0.15, -0.1) is 11.3 Å². The number of amides is 1. The zero-order valence-electron chi connectivity index (χ0n) is 8.95. The normalized spacial score (nSPS) is 10.2. The van der Waals surface area contributed by atoms with E-state index in [1.54, 1.807) is 12.1 Å². The molecule has 0 fully saturated rings. The van der Waals surface area contributed by atoms with Gasteiger partial charge in [0.1, 0.15) is 4.88 Å². The molecule has 0 aromatic carbocycles. The molecule has 1 rings (SSSR count). The number of nitrogens with one attached hydrogen (secondary N) is 1. The van der Waals surface area contributed by atoms with Gasteiger partial charge in [0.05, 0.1) is 4.34 Å². The summed E-state index contributed by atoms with van der Waals surface area (Å²) in [6.45, 7) is 3.39. The molecule has 0 aliphatic rings. The lowest BCUT2D eigenvalue weighted by atomic mass is 10.4. The van der Waals surface area contributed by atoms with Crippen LogP contribution in [0.1, 0.15) is 23.5 Å². The van der Waals surface area contributed by atoms with Crippen LogP contribution in [0.3, 0.4) is 0 Å². The Balaban J connectivity index is 2.38. The van der Waals surface area contributed by atoms with Crippen LogP contribution in [-0.2, 0) is 9.53 Å². The molecule has 1 aromatic heterocycles. The second-order valence-electron chi connectivity index (χ2n) is 3.40. The maximum absolute atomic E-state index is 11.4. The van der Waals surface area contributed by atoms with Crippen molar-refractivity contribution >= 4 is 34.8 Å². The Labute approximate surface area is 103 Å². The maximum atomic E-state index is 11.4. The molecule has 6 heteroatoms. The molecule has 1 heterocycles. The van der Waals surface area contributed by atoms with Crippen LogP contribution in [0, 0.1) is 0 Å². The number of ether oxygens (including phenoxy) is 1. The van der Waals surface area contributed by atoms with Crippen molar-refractivity contribution in [1.82, 2.24) is 5.32 Å². The molecule has 0 unspecified atom stereocenters. The van der Waals surface area contributed by atoms with Gasteiger partial charge in [-0.3, -0.25) is 4.79 Å². The predicted molar refractivity (Wildman–Crippen MR) is 62.9 cm³/mol. The van der Waals surface area contributed by atoms with E-state index in [9.17, 15) is 9.59 Å². The van der Waals surface area contributed by atoms with Crippen LogP contribution >= 0.6 is 22.9 Å². The van der Waals surface area contributed by atoms with Crippen molar-refractivity contribution in [1.29, 1.82) is 0 Å². The zero-order chi connectivity index (χ0) is 12.1. The van der Waals surface area contributed by atoms with Gasteiger partial charge in [-0.1, -0.05) is 11.6 Å². The van der Waals surface area contributed by atoms with E-state index in [4.69, 9.17) is 16.3 Å². The number of esters is 1. The fourth-order valence-corrected chi connectivity index (χ4v) is 1.93. The summed E-state index contributed by atoms with van der Waals surface area (Å²) in [5.74, 6) is -0.846. The lowest BCUT2D eigenvalue weighted by molar-refractivity contribution is -0.124. The Morgan fingerprint density at radius 3 is 2.69 bits per heavy atom. The van der Waals surface area contributed by atoms with Crippen LogP contribution in [0.5, 0.6) is 0 Å². The fourth-order valence-electron chi connectivity index (χ4n) is 0.990. The number of hydrogen-bond donors (Lipinski definition) is 1. The molecule has 88 valence electrons. The van der Waals surface area contributed by atoms with Crippen molar-refractivity contribution in [2.75, 3.05) is 6.61 Å². The number of hydrogen-bond acceptors (Lipinski definition) is 4. The molecule has 0 saturated heterocycles. The maximum Gasteiger partial charge on any atom is 0.348 e. The van der Waals surface area contributed by atoms with Gasteiger partial charge in [-0.05, 0) is 26.0 Å². The van der Waals surface area contributed by atoms with E-state index >= 15 is 0 Å². The smallest absolute Gasteiger partial charge is 0.348 e. The van der Waals surface area contributed by atoms with Crippen LogP contribution in [0.2, 0.25) is 4.34 Å². The average Bonchev–Trinajstić information content (AvgIpc) is 2.60. The van der Waals surface area contributed by atoms with Gasteiger partial charge in [-0.25, -0.2) is 4.79 Å². The topological polar surface area (TPSA) is 55.4 Å². The Kier molecular flexibility index (Phi) is 4.76. The van der Waals surface area contributed by atoms with Crippen LogP contribution < -0.4 is 5.32 Å². The van der Waals surface area contributed by atoms with Crippen LogP contribution in [-0.4, -0.2) is 24.5 Å². The lowest BCUT2D eigenvalue weighted by Crippen LogP contribution is -2.33. The van der Waals surface area contributed by atoms with Crippen molar-refractivity contribution < 1.29 is 14.3 Å². The van der Waals surface area contributed by atoms with E-state index in [1.165, 1.54) is 0 Å². The summed E-state index contributed by atoms with van der Waals surface area (Å²) in [5, 5.41) is 2.62. The minimum Gasteiger partial charge on any atom is -0.451 e. The molecule has 0 bridgehead atoms. The van der Waals surface area contributed by atoms with Crippen molar-refractivity contribution in [3.05, 3.63) is 21.3 Å². The first-order chi connectivity index (χ1) is 7.49. The second-order valence-corrected chi connectivity index (χ2v) is 5.12. The lowest BCUT2D eigenvalue weighted by Gasteiger charge is -2.08. The van der Waals surface area contributed by atoms with Gasteiger partial charge in [0, 0.05) is 6.04 Å². The first-order valence-corrected chi connectivity index (χ1v) is 5.90. The van der Waals surface area contributed by atoms with Gasteiger partial charge in [0.2, 0.25) is 0 Å². The van der Waals surface area contributed by atoms with Gasteiger partial charge in [-0.2, -0.15) is 0 Å². The molecular weight excluding hydrogens is 250 g/mol. The quantitative estimate of drug-likeness (QED) is 0.845. The van der Waals surface area contributed by atoms with E-state index in [2.05, 4.69) is 5.32 Å². The average molecular weight is 262 g/mol. The summed E-state index contributed by atoms with van der Waals surface area (Å²) in [5.41, 5.74) is 0. The van der Waals surface area contributed by atoms with E-state index in [1.807, 2.05) is 13.8 Å². The minimum atomic E-state index is -0.532. The first-order valence-electron chi connectivity index (χ1n) is 4.71. The van der Waals surface area contributed by atoms with Crippen molar-refractivity contribution in [2.45, 2.75) is 19.9 Å². The standard InChI is InChI=1S/C10H12ClNO3S/c1-6(2)12-9(13)5-15-10(14)7-3-4-8(11)16-7/h3-4,6H,5H2,1-2H3,(H,12,13).